The molecule has 7 heteroatoms. The first kappa shape index (κ1) is 19.9. The number of aliphatic imine (C=N–C) groups is 1. The number of aromatic nitrogens is 2. The SMILES string of the molecule is CCNC(=NCc1ccccc1Cn1cccn1)N1CCOC(C2CCCO2)C1. The van der Waals surface area contributed by atoms with Gasteiger partial charge in [-0.25, -0.2) is 4.99 Å². The molecule has 2 unspecified atom stereocenters. The van der Waals surface area contributed by atoms with E-state index in [0.29, 0.717) is 13.2 Å². The molecular weight excluding hydrogens is 366 g/mol. The minimum atomic E-state index is 0.127. The molecule has 0 saturated carbocycles. The van der Waals surface area contributed by atoms with Gasteiger partial charge in [-0.2, -0.15) is 5.10 Å². The fourth-order valence-corrected chi connectivity index (χ4v) is 4.01. The normalized spacial score (nSPS) is 22.8. The number of ether oxygens (including phenoxy) is 2. The van der Waals surface area contributed by atoms with Gasteiger partial charge >= 0.3 is 0 Å². The van der Waals surface area contributed by atoms with Crippen LogP contribution < -0.4 is 5.32 Å². The Labute approximate surface area is 172 Å². The second-order valence-electron chi connectivity index (χ2n) is 7.55. The summed E-state index contributed by atoms with van der Waals surface area (Å²) in [5, 5.41) is 7.79. The Bertz CT molecular complexity index is 786. The molecule has 0 spiro atoms. The van der Waals surface area contributed by atoms with Crippen LogP contribution in [0.25, 0.3) is 0 Å². The summed E-state index contributed by atoms with van der Waals surface area (Å²) in [7, 11) is 0. The van der Waals surface area contributed by atoms with Crippen molar-refractivity contribution >= 4 is 5.96 Å². The zero-order chi connectivity index (χ0) is 19.9. The third-order valence-corrected chi connectivity index (χ3v) is 5.52. The lowest BCUT2D eigenvalue weighted by atomic mass is 10.1. The molecule has 156 valence electrons. The molecule has 1 aromatic carbocycles. The number of nitrogens with zero attached hydrogens (tertiary/aromatic N) is 4. The highest BCUT2D eigenvalue weighted by Gasteiger charge is 2.32. The Morgan fingerprint density at radius 1 is 1.17 bits per heavy atom. The van der Waals surface area contributed by atoms with E-state index in [1.165, 1.54) is 11.1 Å². The summed E-state index contributed by atoms with van der Waals surface area (Å²) in [6.45, 7) is 7.59. The van der Waals surface area contributed by atoms with Crippen molar-refractivity contribution in [1.29, 1.82) is 0 Å². The molecule has 7 nitrogen and oxygen atoms in total. The van der Waals surface area contributed by atoms with Gasteiger partial charge in [0.15, 0.2) is 5.96 Å². The number of rotatable bonds is 6. The molecule has 2 atom stereocenters. The van der Waals surface area contributed by atoms with E-state index in [2.05, 4.69) is 46.5 Å². The van der Waals surface area contributed by atoms with Gasteiger partial charge in [-0.15, -0.1) is 0 Å². The highest BCUT2D eigenvalue weighted by atomic mass is 16.5. The summed E-state index contributed by atoms with van der Waals surface area (Å²) in [5.41, 5.74) is 2.47. The Kier molecular flexibility index (Phi) is 6.79. The summed E-state index contributed by atoms with van der Waals surface area (Å²) in [4.78, 5) is 7.28. The molecule has 2 aliphatic rings. The lowest BCUT2D eigenvalue weighted by molar-refractivity contribution is -0.0817. The summed E-state index contributed by atoms with van der Waals surface area (Å²) >= 11 is 0. The lowest BCUT2D eigenvalue weighted by Crippen LogP contribution is -2.53. The van der Waals surface area contributed by atoms with Crippen molar-refractivity contribution < 1.29 is 9.47 Å². The van der Waals surface area contributed by atoms with Gasteiger partial charge in [-0.1, -0.05) is 24.3 Å². The molecule has 0 bridgehead atoms. The fourth-order valence-electron chi connectivity index (χ4n) is 4.01. The van der Waals surface area contributed by atoms with Crippen molar-refractivity contribution in [2.75, 3.05) is 32.8 Å². The zero-order valence-electron chi connectivity index (χ0n) is 17.2. The van der Waals surface area contributed by atoms with Crippen LogP contribution >= 0.6 is 0 Å². The Morgan fingerprint density at radius 2 is 2.03 bits per heavy atom. The third-order valence-electron chi connectivity index (χ3n) is 5.52. The molecule has 3 heterocycles. The number of nitrogens with one attached hydrogen (secondary N) is 1. The van der Waals surface area contributed by atoms with Crippen LogP contribution in [-0.2, 0) is 22.6 Å². The molecule has 4 rings (SSSR count). The van der Waals surface area contributed by atoms with Crippen molar-refractivity contribution in [3.05, 3.63) is 53.9 Å². The number of hydrogen-bond acceptors (Lipinski definition) is 4. The molecule has 29 heavy (non-hydrogen) atoms. The number of guanidine groups is 1. The Morgan fingerprint density at radius 3 is 2.79 bits per heavy atom. The molecule has 2 aliphatic heterocycles. The quantitative estimate of drug-likeness (QED) is 0.598. The minimum absolute atomic E-state index is 0.127. The monoisotopic (exact) mass is 397 g/mol. The fraction of sp³-hybridized carbons (Fsp3) is 0.545. The molecule has 1 aromatic heterocycles. The van der Waals surface area contributed by atoms with E-state index in [-0.39, 0.29) is 12.2 Å². The van der Waals surface area contributed by atoms with E-state index in [1.807, 2.05) is 23.1 Å². The minimum Gasteiger partial charge on any atom is -0.375 e. The maximum Gasteiger partial charge on any atom is 0.194 e. The maximum atomic E-state index is 6.00. The third kappa shape index (κ3) is 5.16. The van der Waals surface area contributed by atoms with Gasteiger partial charge < -0.3 is 19.7 Å². The average Bonchev–Trinajstić information content (AvgIpc) is 3.46. The van der Waals surface area contributed by atoms with E-state index >= 15 is 0 Å². The van der Waals surface area contributed by atoms with Gasteiger partial charge in [0.05, 0.1) is 25.8 Å². The van der Waals surface area contributed by atoms with Crippen molar-refractivity contribution in [3.8, 4) is 0 Å². The van der Waals surface area contributed by atoms with Gasteiger partial charge in [0.2, 0.25) is 0 Å². The summed E-state index contributed by atoms with van der Waals surface area (Å²) < 4.78 is 13.8. The van der Waals surface area contributed by atoms with Gasteiger partial charge in [0.1, 0.15) is 6.10 Å². The molecule has 2 aromatic rings. The second kappa shape index (κ2) is 9.89. The summed E-state index contributed by atoms with van der Waals surface area (Å²) in [5.74, 6) is 0.952. The van der Waals surface area contributed by atoms with Crippen molar-refractivity contribution in [1.82, 2.24) is 20.0 Å². The first-order valence-electron chi connectivity index (χ1n) is 10.6. The zero-order valence-corrected chi connectivity index (χ0v) is 17.2. The van der Waals surface area contributed by atoms with E-state index in [9.17, 15) is 0 Å². The lowest BCUT2D eigenvalue weighted by Gasteiger charge is -2.37. The van der Waals surface area contributed by atoms with Crippen LogP contribution in [0.5, 0.6) is 0 Å². The number of morpholine rings is 1. The van der Waals surface area contributed by atoms with Crippen molar-refractivity contribution in [2.45, 2.75) is 45.1 Å². The smallest absolute Gasteiger partial charge is 0.194 e. The molecule has 2 saturated heterocycles. The van der Waals surface area contributed by atoms with Crippen LogP contribution in [0, 0.1) is 0 Å². The van der Waals surface area contributed by atoms with Gasteiger partial charge in [-0.05, 0) is 37.0 Å². The number of hydrogen-bond donors (Lipinski definition) is 1. The Hall–Kier alpha value is -2.38. The molecular formula is C22H31N5O2. The van der Waals surface area contributed by atoms with E-state index in [0.717, 1.165) is 51.6 Å². The van der Waals surface area contributed by atoms with Crippen LogP contribution in [0.1, 0.15) is 30.9 Å². The molecule has 0 amide bonds. The molecule has 0 radical (unpaired) electrons. The largest absolute Gasteiger partial charge is 0.375 e. The molecule has 1 N–H and O–H groups in total. The van der Waals surface area contributed by atoms with Crippen LogP contribution in [0.3, 0.4) is 0 Å². The van der Waals surface area contributed by atoms with Crippen LogP contribution in [0.15, 0.2) is 47.7 Å². The highest BCUT2D eigenvalue weighted by Crippen LogP contribution is 2.21. The summed E-state index contributed by atoms with van der Waals surface area (Å²) in [6.07, 6.45) is 6.37. The standard InChI is InChI=1S/C22H31N5O2/c1-2-23-22(26-12-14-29-21(17-26)20-9-5-13-28-20)24-15-18-7-3-4-8-19(18)16-27-11-6-10-25-27/h3-4,6-8,10-11,20-21H,2,5,9,12-17H2,1H3,(H,23,24). The average molecular weight is 398 g/mol. The summed E-state index contributed by atoms with van der Waals surface area (Å²) in [6, 6.07) is 10.4. The van der Waals surface area contributed by atoms with E-state index < -0.39 is 0 Å². The first-order chi connectivity index (χ1) is 14.3. The highest BCUT2D eigenvalue weighted by molar-refractivity contribution is 5.80. The van der Waals surface area contributed by atoms with Crippen LogP contribution in [-0.4, -0.2) is 65.7 Å². The van der Waals surface area contributed by atoms with Gasteiger partial charge in [0.25, 0.3) is 0 Å². The van der Waals surface area contributed by atoms with E-state index in [1.54, 1.807) is 0 Å². The van der Waals surface area contributed by atoms with Crippen LogP contribution in [0.4, 0.5) is 0 Å². The van der Waals surface area contributed by atoms with E-state index in [4.69, 9.17) is 14.5 Å². The molecule has 0 aliphatic carbocycles. The molecule has 2 fully saturated rings. The predicted molar refractivity (Wildman–Crippen MR) is 113 cm³/mol. The maximum absolute atomic E-state index is 6.00. The topological polar surface area (TPSA) is 63.9 Å². The number of benzene rings is 1. The van der Waals surface area contributed by atoms with Crippen molar-refractivity contribution in [2.24, 2.45) is 4.99 Å². The first-order valence-corrected chi connectivity index (χ1v) is 10.6. The van der Waals surface area contributed by atoms with Crippen molar-refractivity contribution in [3.63, 3.8) is 0 Å². The van der Waals surface area contributed by atoms with Gasteiger partial charge in [-0.3, -0.25) is 4.68 Å². The second-order valence-corrected chi connectivity index (χ2v) is 7.55. The van der Waals surface area contributed by atoms with Gasteiger partial charge in [0, 0.05) is 38.6 Å². The predicted octanol–water partition coefficient (Wildman–Crippen LogP) is 2.28. The Balaban J connectivity index is 1.46. The van der Waals surface area contributed by atoms with Crippen LogP contribution in [0.2, 0.25) is 0 Å².